The molecule has 0 aromatic carbocycles. The third-order valence-corrected chi connectivity index (χ3v) is 8.14. The Balaban J connectivity index is 1.86. The molecule has 0 saturated carbocycles. The highest BCUT2D eigenvalue weighted by molar-refractivity contribution is 6.64. The third-order valence-electron chi connectivity index (χ3n) is 8.14. The highest BCUT2D eigenvalue weighted by Crippen LogP contribution is 2.52. The summed E-state index contributed by atoms with van der Waals surface area (Å²) in [6.07, 6.45) is 2.11. The fourth-order valence-corrected chi connectivity index (χ4v) is 4.99. The Kier molecular flexibility index (Phi) is 5.24. The Bertz CT molecular complexity index is 759. The minimum atomic E-state index is -0.466. The Morgan fingerprint density at radius 3 is 1.70 bits per heavy atom. The van der Waals surface area contributed by atoms with Gasteiger partial charge in [-0.2, -0.15) is 0 Å². The summed E-state index contributed by atoms with van der Waals surface area (Å²) >= 11 is 0. The molecule has 2 atom stereocenters. The van der Waals surface area contributed by atoms with E-state index in [2.05, 4.69) is 69.2 Å². The lowest BCUT2D eigenvalue weighted by Gasteiger charge is -2.32. The van der Waals surface area contributed by atoms with Crippen LogP contribution in [0.3, 0.4) is 0 Å². The van der Waals surface area contributed by atoms with E-state index >= 15 is 0 Å². The fourth-order valence-electron chi connectivity index (χ4n) is 4.99. The molecule has 0 N–H and O–H groups in total. The molecule has 30 heavy (non-hydrogen) atoms. The summed E-state index contributed by atoms with van der Waals surface area (Å²) in [6, 6.07) is 0. The largest absolute Gasteiger partial charge is 0.494 e. The van der Waals surface area contributed by atoms with Gasteiger partial charge in [-0.3, -0.25) is 0 Å². The maximum atomic E-state index is 6.55. The van der Waals surface area contributed by atoms with E-state index in [0.29, 0.717) is 5.92 Å². The van der Waals surface area contributed by atoms with Crippen molar-refractivity contribution in [2.75, 3.05) is 6.61 Å². The molecule has 3 fully saturated rings. The summed E-state index contributed by atoms with van der Waals surface area (Å²) in [6.45, 7) is 21.9. The van der Waals surface area contributed by atoms with Crippen molar-refractivity contribution in [3.63, 3.8) is 0 Å². The molecule has 0 amide bonds. The molecular weight excluding hydrogens is 378 g/mol. The summed E-state index contributed by atoms with van der Waals surface area (Å²) in [5.41, 5.74) is 3.10. The lowest BCUT2D eigenvalue weighted by atomic mass is 9.64. The van der Waals surface area contributed by atoms with Gasteiger partial charge in [-0.05, 0) is 98.6 Å². The Labute approximate surface area is 183 Å². The number of rotatable bonds is 2. The summed E-state index contributed by atoms with van der Waals surface area (Å²) < 4.78 is 32.5. The fraction of sp³-hybridized carbons (Fsp3) is 0.826. The van der Waals surface area contributed by atoms with Gasteiger partial charge in [0.2, 0.25) is 0 Å². The average Bonchev–Trinajstić information content (AvgIpc) is 3.12. The molecule has 3 heterocycles. The average molecular weight is 416 g/mol. The van der Waals surface area contributed by atoms with E-state index in [9.17, 15) is 0 Å². The van der Waals surface area contributed by atoms with Gasteiger partial charge in [-0.25, -0.2) is 0 Å². The van der Waals surface area contributed by atoms with E-state index in [4.69, 9.17) is 23.4 Å². The van der Waals surface area contributed by atoms with Gasteiger partial charge in [0.15, 0.2) is 0 Å². The summed E-state index contributed by atoms with van der Waals surface area (Å²) in [5.74, 6) is 0.298. The molecular formula is C23H38B2O5. The normalized spacial score (nSPS) is 34.0. The van der Waals surface area contributed by atoms with Crippen LogP contribution in [0, 0.1) is 5.92 Å². The molecule has 0 radical (unpaired) electrons. The van der Waals surface area contributed by atoms with E-state index in [1.165, 1.54) is 11.1 Å². The lowest BCUT2D eigenvalue weighted by molar-refractivity contribution is 0.00578. The van der Waals surface area contributed by atoms with Crippen molar-refractivity contribution >= 4 is 14.2 Å². The second-order valence-corrected chi connectivity index (χ2v) is 11.5. The zero-order chi connectivity index (χ0) is 22.3. The summed E-state index contributed by atoms with van der Waals surface area (Å²) in [5, 5.41) is 0. The van der Waals surface area contributed by atoms with Crippen LogP contribution in [-0.4, -0.2) is 49.4 Å². The summed E-state index contributed by atoms with van der Waals surface area (Å²) in [4.78, 5) is 0. The van der Waals surface area contributed by atoms with Gasteiger partial charge in [-0.1, -0.05) is 5.57 Å². The van der Waals surface area contributed by atoms with Gasteiger partial charge < -0.3 is 23.4 Å². The zero-order valence-electron chi connectivity index (χ0n) is 20.5. The first-order chi connectivity index (χ1) is 13.7. The molecule has 7 heteroatoms. The number of allylic oxidation sites excluding steroid dienone is 2. The van der Waals surface area contributed by atoms with Crippen LogP contribution in [0.2, 0.25) is 0 Å². The first kappa shape index (κ1) is 22.6. The SMILES string of the molecule is CC(C)=C1C(B2OC(C)(C)C(C)(C)O2)=C(B2OC(C)(C)C(C)(C)O2)C2OCCCC12. The van der Waals surface area contributed by atoms with Crippen LogP contribution >= 0.6 is 0 Å². The molecule has 0 bridgehead atoms. The van der Waals surface area contributed by atoms with Crippen LogP contribution in [0.25, 0.3) is 0 Å². The Morgan fingerprint density at radius 1 is 0.767 bits per heavy atom. The Hall–Kier alpha value is -0.590. The van der Waals surface area contributed by atoms with Crippen molar-refractivity contribution in [2.45, 2.75) is 111 Å². The van der Waals surface area contributed by atoms with Crippen molar-refractivity contribution in [1.29, 1.82) is 0 Å². The molecule has 0 spiro atoms. The van der Waals surface area contributed by atoms with Gasteiger partial charge in [0, 0.05) is 12.5 Å². The van der Waals surface area contributed by atoms with Crippen LogP contribution in [0.5, 0.6) is 0 Å². The zero-order valence-corrected chi connectivity index (χ0v) is 20.5. The van der Waals surface area contributed by atoms with Gasteiger partial charge >= 0.3 is 14.2 Å². The molecule has 3 aliphatic heterocycles. The first-order valence-corrected chi connectivity index (χ1v) is 11.4. The van der Waals surface area contributed by atoms with Crippen molar-refractivity contribution in [3.05, 3.63) is 22.1 Å². The molecule has 1 aliphatic carbocycles. The maximum Gasteiger partial charge on any atom is 0.494 e. The van der Waals surface area contributed by atoms with Crippen LogP contribution < -0.4 is 0 Å². The first-order valence-electron chi connectivity index (χ1n) is 11.4. The summed E-state index contributed by atoms with van der Waals surface area (Å²) in [7, 11) is -0.922. The maximum absolute atomic E-state index is 6.55. The smallest absolute Gasteiger partial charge is 0.400 e. The van der Waals surface area contributed by atoms with Gasteiger partial charge in [0.1, 0.15) is 0 Å². The van der Waals surface area contributed by atoms with Crippen molar-refractivity contribution in [1.82, 2.24) is 0 Å². The number of hydrogen-bond acceptors (Lipinski definition) is 5. The van der Waals surface area contributed by atoms with Crippen LogP contribution in [-0.2, 0) is 23.4 Å². The third kappa shape index (κ3) is 3.27. The quantitative estimate of drug-likeness (QED) is 0.612. The van der Waals surface area contributed by atoms with Crippen molar-refractivity contribution in [3.8, 4) is 0 Å². The van der Waals surface area contributed by atoms with E-state index in [0.717, 1.165) is 30.4 Å². The van der Waals surface area contributed by atoms with E-state index in [1.807, 2.05) is 0 Å². The molecule has 3 saturated heterocycles. The van der Waals surface area contributed by atoms with Crippen LogP contribution in [0.4, 0.5) is 0 Å². The van der Waals surface area contributed by atoms with E-state index in [-0.39, 0.29) is 6.10 Å². The topological polar surface area (TPSA) is 46.2 Å². The van der Waals surface area contributed by atoms with Crippen LogP contribution in [0.1, 0.15) is 82.1 Å². The molecule has 2 unspecified atom stereocenters. The number of hydrogen-bond donors (Lipinski definition) is 0. The minimum absolute atomic E-state index is 0.0487. The van der Waals surface area contributed by atoms with E-state index < -0.39 is 36.6 Å². The number of ether oxygens (including phenoxy) is 1. The van der Waals surface area contributed by atoms with Crippen LogP contribution in [0.15, 0.2) is 22.1 Å². The van der Waals surface area contributed by atoms with Crippen molar-refractivity contribution in [2.24, 2.45) is 5.92 Å². The lowest BCUT2D eigenvalue weighted by Crippen LogP contribution is -2.41. The van der Waals surface area contributed by atoms with Gasteiger partial charge in [-0.15, -0.1) is 0 Å². The number of fused-ring (bicyclic) bond motifs is 1. The predicted octanol–water partition coefficient (Wildman–Crippen LogP) is 4.69. The highest BCUT2D eigenvalue weighted by atomic mass is 16.7. The molecule has 4 rings (SSSR count). The molecule has 0 aromatic rings. The van der Waals surface area contributed by atoms with Gasteiger partial charge in [0.05, 0.1) is 28.5 Å². The van der Waals surface area contributed by atoms with E-state index in [1.54, 1.807) is 0 Å². The molecule has 0 aromatic heterocycles. The molecule has 166 valence electrons. The Morgan fingerprint density at radius 2 is 1.23 bits per heavy atom. The standard InChI is InChI=1S/C23H38B2O5/c1-14(2)16-15-12-11-13-26-19(15)18(25-29-22(7,8)23(9,10)30-25)17(16)24-27-20(3,4)21(5,6)28-24/h15,19H,11-13H2,1-10H3. The molecule has 4 aliphatic rings. The predicted molar refractivity (Wildman–Crippen MR) is 120 cm³/mol. The molecule has 5 nitrogen and oxygen atoms in total. The minimum Gasteiger partial charge on any atom is -0.400 e. The highest BCUT2D eigenvalue weighted by Gasteiger charge is 2.61. The monoisotopic (exact) mass is 416 g/mol. The second kappa shape index (κ2) is 6.95. The second-order valence-electron chi connectivity index (χ2n) is 11.5. The van der Waals surface area contributed by atoms with Gasteiger partial charge in [0.25, 0.3) is 0 Å². The van der Waals surface area contributed by atoms with Crippen molar-refractivity contribution < 1.29 is 23.4 Å².